The molecule has 0 bridgehead atoms. The molecule has 0 saturated carbocycles. The minimum Gasteiger partial charge on any atom is -0.374 e. The first-order valence-electron chi connectivity index (χ1n) is 4.21. The summed E-state index contributed by atoms with van der Waals surface area (Å²) in [6.45, 7) is 0. The van der Waals surface area contributed by atoms with E-state index < -0.39 is 0 Å². The second kappa shape index (κ2) is 2.99. The molecule has 0 unspecified atom stereocenters. The van der Waals surface area contributed by atoms with Gasteiger partial charge >= 0.3 is 0 Å². The van der Waals surface area contributed by atoms with E-state index in [9.17, 15) is 0 Å². The number of nitrogens with two attached hydrogens (primary N) is 1. The Morgan fingerprint density at radius 3 is 3.00 bits per heavy atom. The van der Waals surface area contributed by atoms with Crippen LogP contribution in [0.15, 0.2) is 24.8 Å². The van der Waals surface area contributed by atoms with Gasteiger partial charge in [-0.15, -0.1) is 10.2 Å². The van der Waals surface area contributed by atoms with E-state index in [1.807, 2.05) is 0 Å². The number of hydrogen-bond donors (Lipinski definition) is 1. The lowest BCUT2D eigenvalue weighted by molar-refractivity contribution is 0.946. The number of nitrogens with zero attached hydrogens (tertiary/aromatic N) is 5. The van der Waals surface area contributed by atoms with E-state index >= 15 is 0 Å². The van der Waals surface area contributed by atoms with Crippen molar-refractivity contribution >= 4 is 22.0 Å². The van der Waals surface area contributed by atoms with E-state index in [1.165, 1.54) is 11.3 Å². The lowest BCUT2D eigenvalue weighted by atomic mass is 10.3. The Kier molecular flexibility index (Phi) is 1.65. The van der Waals surface area contributed by atoms with Crippen molar-refractivity contribution < 1.29 is 0 Å². The Morgan fingerprint density at radius 2 is 2.20 bits per heavy atom. The molecule has 0 aliphatic carbocycles. The van der Waals surface area contributed by atoms with E-state index in [2.05, 4.69) is 20.3 Å². The number of aromatic nitrogens is 5. The molecule has 0 spiro atoms. The second-order valence-electron chi connectivity index (χ2n) is 2.91. The van der Waals surface area contributed by atoms with Crippen LogP contribution in [0.25, 0.3) is 16.1 Å². The van der Waals surface area contributed by atoms with Gasteiger partial charge in [-0.25, -0.2) is 4.52 Å². The molecule has 7 heteroatoms. The Bertz CT molecular complexity index is 612. The summed E-state index contributed by atoms with van der Waals surface area (Å²) in [5.41, 5.74) is 7.33. The van der Waals surface area contributed by atoms with Gasteiger partial charge in [0.05, 0.1) is 23.5 Å². The number of hydrogen-bond acceptors (Lipinski definition) is 6. The van der Waals surface area contributed by atoms with Crippen LogP contribution in [0.5, 0.6) is 0 Å². The molecule has 0 fully saturated rings. The summed E-state index contributed by atoms with van der Waals surface area (Å²) in [5, 5.41) is 13.1. The molecule has 0 aliphatic rings. The predicted molar refractivity (Wildman–Crippen MR) is 56.3 cm³/mol. The van der Waals surface area contributed by atoms with Crippen molar-refractivity contribution in [2.45, 2.75) is 0 Å². The van der Waals surface area contributed by atoms with Gasteiger partial charge in [-0.1, -0.05) is 11.3 Å². The predicted octanol–water partition coefficient (Wildman–Crippen LogP) is 0.830. The van der Waals surface area contributed by atoms with Crippen LogP contribution in [-0.4, -0.2) is 24.8 Å². The van der Waals surface area contributed by atoms with Crippen molar-refractivity contribution in [1.29, 1.82) is 0 Å². The monoisotopic (exact) mass is 218 g/mol. The highest BCUT2D eigenvalue weighted by Crippen LogP contribution is 2.27. The molecule has 3 heterocycles. The third-order valence-corrected chi connectivity index (χ3v) is 2.78. The summed E-state index contributed by atoms with van der Waals surface area (Å²) in [4.78, 5) is 4.04. The maximum atomic E-state index is 5.53. The lowest BCUT2D eigenvalue weighted by Gasteiger charge is -1.91. The fraction of sp³-hybridized carbons (Fsp3) is 0. The molecule has 3 rings (SSSR count). The van der Waals surface area contributed by atoms with E-state index in [0.717, 1.165) is 16.1 Å². The highest BCUT2D eigenvalue weighted by Gasteiger charge is 2.10. The van der Waals surface area contributed by atoms with Crippen LogP contribution in [0.3, 0.4) is 0 Å². The largest absolute Gasteiger partial charge is 0.374 e. The van der Waals surface area contributed by atoms with Crippen LogP contribution in [-0.2, 0) is 0 Å². The molecule has 0 atom stereocenters. The van der Waals surface area contributed by atoms with Crippen molar-refractivity contribution in [1.82, 2.24) is 24.8 Å². The molecule has 0 saturated heterocycles. The van der Waals surface area contributed by atoms with Gasteiger partial charge in [0.2, 0.25) is 5.13 Å². The maximum Gasteiger partial charge on any atom is 0.203 e. The first-order valence-corrected chi connectivity index (χ1v) is 5.03. The summed E-state index contributed by atoms with van der Waals surface area (Å²) in [5.74, 6) is 0. The molecule has 3 aromatic heterocycles. The summed E-state index contributed by atoms with van der Waals surface area (Å²) in [6.07, 6.45) is 6.93. The normalized spacial score (nSPS) is 10.9. The number of nitrogen functional groups attached to an aromatic ring is 1. The first kappa shape index (κ1) is 8.30. The van der Waals surface area contributed by atoms with E-state index in [4.69, 9.17) is 5.73 Å². The van der Waals surface area contributed by atoms with Gasteiger partial charge in [0, 0.05) is 12.4 Å². The van der Waals surface area contributed by atoms with Gasteiger partial charge in [-0.2, -0.15) is 5.10 Å². The lowest BCUT2D eigenvalue weighted by Crippen LogP contribution is -1.85. The molecule has 0 aromatic carbocycles. The Labute approximate surface area is 88.4 Å². The molecule has 74 valence electrons. The fourth-order valence-corrected chi connectivity index (χ4v) is 1.97. The SMILES string of the molecule is Nc1nnc(-c2cnn3ccncc23)s1. The van der Waals surface area contributed by atoms with Crippen LogP contribution in [0.1, 0.15) is 0 Å². The zero-order valence-electron chi connectivity index (χ0n) is 7.53. The zero-order valence-corrected chi connectivity index (χ0v) is 8.35. The highest BCUT2D eigenvalue weighted by atomic mass is 32.1. The Morgan fingerprint density at radius 1 is 1.27 bits per heavy atom. The van der Waals surface area contributed by atoms with Gasteiger partial charge < -0.3 is 5.73 Å². The molecule has 6 nitrogen and oxygen atoms in total. The van der Waals surface area contributed by atoms with Gasteiger partial charge in [0.1, 0.15) is 0 Å². The molecular weight excluding hydrogens is 212 g/mol. The van der Waals surface area contributed by atoms with E-state index in [-0.39, 0.29) is 0 Å². The second-order valence-corrected chi connectivity index (χ2v) is 3.92. The Balaban J connectivity index is 2.27. The molecule has 0 radical (unpaired) electrons. The average Bonchev–Trinajstić information content (AvgIpc) is 2.83. The average molecular weight is 218 g/mol. The summed E-state index contributed by atoms with van der Waals surface area (Å²) in [7, 11) is 0. The molecular formula is C8H6N6S. The number of rotatable bonds is 1. The highest BCUT2D eigenvalue weighted by molar-refractivity contribution is 7.18. The fourth-order valence-electron chi connectivity index (χ4n) is 1.34. The third kappa shape index (κ3) is 1.24. The van der Waals surface area contributed by atoms with Crippen LogP contribution in [0.2, 0.25) is 0 Å². The van der Waals surface area contributed by atoms with Gasteiger partial charge in [0.25, 0.3) is 0 Å². The third-order valence-electron chi connectivity index (χ3n) is 2.00. The Hall–Kier alpha value is -2.02. The standard InChI is InChI=1S/C8H6N6S/c9-8-13-12-7(15-8)5-3-11-14-2-1-10-4-6(5)14/h1-4H,(H2,9,13). The van der Waals surface area contributed by atoms with Crippen molar-refractivity contribution in [3.8, 4) is 10.6 Å². The molecule has 3 aromatic rings. The number of anilines is 1. The van der Waals surface area contributed by atoms with E-state index in [0.29, 0.717) is 5.13 Å². The molecule has 0 amide bonds. The van der Waals surface area contributed by atoms with Crippen LogP contribution < -0.4 is 5.73 Å². The smallest absolute Gasteiger partial charge is 0.203 e. The van der Waals surface area contributed by atoms with Gasteiger partial charge in [-0.05, 0) is 0 Å². The van der Waals surface area contributed by atoms with Crippen molar-refractivity contribution in [2.24, 2.45) is 0 Å². The zero-order chi connectivity index (χ0) is 10.3. The minimum absolute atomic E-state index is 0.452. The maximum absolute atomic E-state index is 5.53. The minimum atomic E-state index is 0.452. The van der Waals surface area contributed by atoms with E-state index in [1.54, 1.807) is 29.3 Å². The van der Waals surface area contributed by atoms with Crippen molar-refractivity contribution in [3.05, 3.63) is 24.8 Å². The van der Waals surface area contributed by atoms with Gasteiger partial charge in [-0.3, -0.25) is 4.98 Å². The van der Waals surface area contributed by atoms with Crippen molar-refractivity contribution in [3.63, 3.8) is 0 Å². The van der Waals surface area contributed by atoms with Crippen LogP contribution in [0, 0.1) is 0 Å². The number of fused-ring (bicyclic) bond motifs is 1. The summed E-state index contributed by atoms with van der Waals surface area (Å²) < 4.78 is 1.74. The van der Waals surface area contributed by atoms with Gasteiger partial charge in [0.15, 0.2) is 5.01 Å². The van der Waals surface area contributed by atoms with Crippen LogP contribution in [0.4, 0.5) is 5.13 Å². The quantitative estimate of drug-likeness (QED) is 0.654. The van der Waals surface area contributed by atoms with Crippen molar-refractivity contribution in [2.75, 3.05) is 5.73 Å². The topological polar surface area (TPSA) is 82.0 Å². The molecule has 15 heavy (non-hydrogen) atoms. The molecule has 2 N–H and O–H groups in total. The summed E-state index contributed by atoms with van der Waals surface area (Å²) in [6, 6.07) is 0. The van der Waals surface area contributed by atoms with Crippen LogP contribution >= 0.6 is 11.3 Å². The molecule has 0 aliphatic heterocycles. The summed E-state index contributed by atoms with van der Waals surface area (Å²) >= 11 is 1.33. The first-order chi connectivity index (χ1) is 7.34.